The van der Waals surface area contributed by atoms with Gasteiger partial charge in [0.1, 0.15) is 0 Å². The molecule has 2 N–H and O–H groups in total. The maximum Gasteiger partial charge on any atom is 0.266 e. The maximum atomic E-state index is 13.4. The van der Waals surface area contributed by atoms with E-state index in [9.17, 15) is 18.4 Å². The zero-order valence-corrected chi connectivity index (χ0v) is 19.0. The van der Waals surface area contributed by atoms with Crippen LogP contribution < -0.4 is 10.4 Å². The van der Waals surface area contributed by atoms with Gasteiger partial charge in [-0.15, -0.1) is 0 Å². The number of rotatable bonds is 5. The largest absolute Gasteiger partial charge is 0.381 e. The number of nitrogens with one attached hydrogen (secondary N) is 1. The fraction of sp³-hybridized carbons (Fsp3) is 0.474. The number of thiazole rings is 1. The molecule has 1 aromatic carbocycles. The molecule has 1 aromatic heterocycles. The number of piperazine rings is 1. The molecule has 2 saturated heterocycles. The molecule has 0 unspecified atom stereocenters. The number of benzene rings is 1. The van der Waals surface area contributed by atoms with Gasteiger partial charge < -0.3 is 9.64 Å². The number of ether oxygens (including phenoxy) is 1. The summed E-state index contributed by atoms with van der Waals surface area (Å²) in [6.07, 6.45) is 1.83. The molecular weight excluding hydrogens is 464 g/mol. The third kappa shape index (κ3) is 4.18. The van der Waals surface area contributed by atoms with Crippen LogP contribution in [0.1, 0.15) is 12.8 Å². The molecule has 12 heteroatoms. The Kier molecular flexibility index (Phi) is 6.52. The Hall–Kier alpha value is -1.76. The van der Waals surface area contributed by atoms with Crippen LogP contribution >= 0.6 is 22.9 Å². The lowest BCUT2D eigenvalue weighted by Gasteiger charge is -2.41. The van der Waals surface area contributed by atoms with E-state index in [1.54, 1.807) is 11.7 Å². The van der Waals surface area contributed by atoms with Gasteiger partial charge in [0.05, 0.1) is 4.88 Å². The molecule has 3 heterocycles. The number of sulfonamides is 1. The van der Waals surface area contributed by atoms with Gasteiger partial charge in [0.25, 0.3) is 5.91 Å². The smallest absolute Gasteiger partial charge is 0.266 e. The van der Waals surface area contributed by atoms with Crippen LogP contribution in [0.2, 0.25) is 5.02 Å². The van der Waals surface area contributed by atoms with E-state index in [1.807, 2.05) is 29.2 Å². The predicted molar refractivity (Wildman–Crippen MR) is 118 cm³/mol. The zero-order valence-electron chi connectivity index (χ0n) is 16.7. The Morgan fingerprint density at radius 2 is 1.81 bits per heavy atom. The topological polar surface area (TPSA) is 112 Å². The number of amides is 1. The second-order valence-electron chi connectivity index (χ2n) is 7.45. The first-order valence-electron chi connectivity index (χ1n) is 9.86. The highest BCUT2D eigenvalue weighted by molar-refractivity contribution is 7.91. The van der Waals surface area contributed by atoms with Crippen molar-refractivity contribution in [2.45, 2.75) is 17.6 Å². The Labute approximate surface area is 189 Å². The number of aromatic nitrogens is 1. The number of hydrogen-bond donors (Lipinski definition) is 2. The van der Waals surface area contributed by atoms with Gasteiger partial charge in [-0.2, -0.15) is 4.31 Å². The monoisotopic (exact) mass is 486 g/mol. The van der Waals surface area contributed by atoms with Gasteiger partial charge in [-0.3, -0.25) is 10.0 Å². The summed E-state index contributed by atoms with van der Waals surface area (Å²) in [5.41, 5.74) is 2.57. The van der Waals surface area contributed by atoms with E-state index in [0.717, 1.165) is 15.6 Å². The lowest BCUT2D eigenvalue weighted by atomic mass is 9.98. The van der Waals surface area contributed by atoms with Crippen molar-refractivity contribution in [3.8, 4) is 10.4 Å². The van der Waals surface area contributed by atoms with Crippen molar-refractivity contribution in [1.82, 2.24) is 14.8 Å². The van der Waals surface area contributed by atoms with Crippen LogP contribution in [-0.4, -0.2) is 73.0 Å². The summed E-state index contributed by atoms with van der Waals surface area (Å²) in [5.74, 6) is -0.897. The summed E-state index contributed by atoms with van der Waals surface area (Å²) in [6, 6.07) is 7.52. The second-order valence-corrected chi connectivity index (χ2v) is 11.1. The van der Waals surface area contributed by atoms with Gasteiger partial charge in [0, 0.05) is 63.5 Å². The molecule has 0 radical (unpaired) electrons. The SMILES string of the molecule is O=C(NO)C1(S(=O)(=O)N2CCN(c3ncc(-c4ccc(Cl)cc4)s3)CC2)CCOCC1. The normalized spacial score (nSPS) is 19.9. The Morgan fingerprint density at radius 1 is 1.16 bits per heavy atom. The van der Waals surface area contributed by atoms with Crippen LogP contribution in [0.25, 0.3) is 10.4 Å². The van der Waals surface area contributed by atoms with Crippen molar-refractivity contribution in [2.24, 2.45) is 0 Å². The minimum Gasteiger partial charge on any atom is -0.381 e. The summed E-state index contributed by atoms with van der Waals surface area (Å²) in [5, 5.41) is 10.7. The fourth-order valence-electron chi connectivity index (χ4n) is 3.93. The minimum atomic E-state index is -3.98. The molecule has 0 aliphatic carbocycles. The molecule has 1 amide bonds. The van der Waals surface area contributed by atoms with Gasteiger partial charge in [-0.1, -0.05) is 35.1 Å². The Morgan fingerprint density at radius 3 is 2.42 bits per heavy atom. The van der Waals surface area contributed by atoms with E-state index in [2.05, 4.69) is 4.98 Å². The van der Waals surface area contributed by atoms with Crippen LogP contribution in [0.3, 0.4) is 0 Å². The molecule has 0 saturated carbocycles. The summed E-state index contributed by atoms with van der Waals surface area (Å²) in [6.45, 7) is 1.69. The summed E-state index contributed by atoms with van der Waals surface area (Å²) in [7, 11) is -3.98. The van der Waals surface area contributed by atoms with Crippen LogP contribution in [0.15, 0.2) is 30.5 Å². The number of carbonyl (C=O) groups excluding carboxylic acids is 1. The first kappa shape index (κ1) is 22.4. The van der Waals surface area contributed by atoms with E-state index >= 15 is 0 Å². The maximum absolute atomic E-state index is 13.4. The van der Waals surface area contributed by atoms with Crippen molar-refractivity contribution in [3.05, 3.63) is 35.5 Å². The van der Waals surface area contributed by atoms with Crippen LogP contribution in [0.4, 0.5) is 5.13 Å². The molecule has 2 aliphatic heterocycles. The third-order valence-electron chi connectivity index (χ3n) is 5.78. The van der Waals surface area contributed by atoms with Crippen LogP contribution in [0, 0.1) is 0 Å². The average Bonchev–Trinajstić information content (AvgIpc) is 3.29. The van der Waals surface area contributed by atoms with Crippen molar-refractivity contribution in [2.75, 3.05) is 44.3 Å². The fourth-order valence-corrected chi connectivity index (χ4v) is 7.13. The highest BCUT2D eigenvalue weighted by atomic mass is 35.5. The summed E-state index contributed by atoms with van der Waals surface area (Å²) >= 11 is 7.48. The van der Waals surface area contributed by atoms with Gasteiger partial charge in [-0.25, -0.2) is 18.9 Å². The van der Waals surface area contributed by atoms with Crippen molar-refractivity contribution in [3.63, 3.8) is 0 Å². The number of hydroxylamine groups is 1. The van der Waals surface area contributed by atoms with Crippen molar-refractivity contribution >= 4 is 44.0 Å². The van der Waals surface area contributed by atoms with E-state index in [1.165, 1.54) is 15.6 Å². The molecule has 9 nitrogen and oxygen atoms in total. The highest BCUT2D eigenvalue weighted by Crippen LogP contribution is 2.35. The molecule has 2 fully saturated rings. The molecule has 168 valence electrons. The molecule has 2 aromatic rings. The number of anilines is 1. The lowest BCUT2D eigenvalue weighted by molar-refractivity contribution is -0.134. The number of hydrogen-bond acceptors (Lipinski definition) is 8. The van der Waals surface area contributed by atoms with Crippen molar-refractivity contribution < 1.29 is 23.2 Å². The lowest BCUT2D eigenvalue weighted by Crippen LogP contribution is -2.62. The third-order valence-corrected chi connectivity index (χ3v) is 9.77. The predicted octanol–water partition coefficient (Wildman–Crippen LogP) is 1.97. The molecule has 2 aliphatic rings. The van der Waals surface area contributed by atoms with E-state index in [0.29, 0.717) is 18.1 Å². The van der Waals surface area contributed by atoms with Gasteiger partial charge in [-0.05, 0) is 17.7 Å². The number of halogens is 1. The quantitative estimate of drug-likeness (QED) is 0.490. The molecule has 0 bridgehead atoms. The van der Waals surface area contributed by atoms with E-state index in [4.69, 9.17) is 16.3 Å². The second kappa shape index (κ2) is 9.00. The highest BCUT2D eigenvalue weighted by Gasteiger charge is 2.54. The van der Waals surface area contributed by atoms with E-state index < -0.39 is 20.7 Å². The molecule has 4 rings (SSSR count). The number of carbonyl (C=O) groups is 1. The minimum absolute atomic E-state index is 0.0128. The molecule has 0 spiro atoms. The number of nitrogens with zero attached hydrogens (tertiary/aromatic N) is 3. The Bertz CT molecular complexity index is 1030. The van der Waals surface area contributed by atoms with Crippen LogP contribution in [-0.2, 0) is 19.6 Å². The van der Waals surface area contributed by atoms with E-state index in [-0.39, 0.29) is 39.1 Å². The average molecular weight is 487 g/mol. The van der Waals surface area contributed by atoms with Crippen molar-refractivity contribution in [1.29, 1.82) is 0 Å². The van der Waals surface area contributed by atoms with Gasteiger partial charge in [0.15, 0.2) is 9.88 Å². The Balaban J connectivity index is 1.47. The van der Waals surface area contributed by atoms with Crippen LogP contribution in [0.5, 0.6) is 0 Å². The summed E-state index contributed by atoms with van der Waals surface area (Å²) in [4.78, 5) is 19.9. The first-order valence-corrected chi connectivity index (χ1v) is 12.5. The first-order chi connectivity index (χ1) is 14.9. The molecule has 31 heavy (non-hydrogen) atoms. The zero-order chi connectivity index (χ0) is 22.1. The standard InChI is InChI=1S/C19H23ClN4O5S2/c20-15-3-1-14(2-4-15)16-13-21-18(30-16)23-7-9-24(10-8-23)31(27,28)19(17(25)22-26)5-11-29-12-6-19/h1-4,13,26H,5-12H2,(H,22,25). The summed E-state index contributed by atoms with van der Waals surface area (Å²) < 4.78 is 31.7. The van der Waals surface area contributed by atoms with Gasteiger partial charge in [0.2, 0.25) is 10.0 Å². The molecule has 0 atom stereocenters. The van der Waals surface area contributed by atoms with Gasteiger partial charge >= 0.3 is 0 Å². The molecular formula is C19H23ClN4O5S2.